The number of nitrogens with zero attached hydrogens (tertiary/aromatic N) is 1. The van der Waals surface area contributed by atoms with Gasteiger partial charge in [-0.15, -0.1) is 5.10 Å². The molecule has 1 atom stereocenters. The normalized spacial score (nSPS) is 20.7. The summed E-state index contributed by atoms with van der Waals surface area (Å²) in [6.45, 7) is 2.03. The van der Waals surface area contributed by atoms with E-state index in [4.69, 9.17) is 9.47 Å². The van der Waals surface area contributed by atoms with Crippen molar-refractivity contribution >= 4 is 6.40 Å². The predicted octanol–water partition coefficient (Wildman–Crippen LogP) is 2.75. The summed E-state index contributed by atoms with van der Waals surface area (Å²) in [4.78, 5) is 0. The minimum Gasteiger partial charge on any atom is -0.431 e. The molecule has 1 N–H and O–H groups in total. The van der Waals surface area contributed by atoms with E-state index in [9.17, 15) is 0 Å². The Hall–Kier alpha value is -2.49. The highest BCUT2D eigenvalue weighted by atomic mass is 16.7. The molecular formula is C15H14N2O2. The average molecular weight is 254 g/mol. The molecular weight excluding hydrogens is 240 g/mol. The van der Waals surface area contributed by atoms with Gasteiger partial charge < -0.3 is 9.47 Å². The van der Waals surface area contributed by atoms with Crippen molar-refractivity contribution < 1.29 is 9.47 Å². The van der Waals surface area contributed by atoms with Gasteiger partial charge in [-0.1, -0.05) is 35.9 Å². The zero-order chi connectivity index (χ0) is 13.1. The van der Waals surface area contributed by atoms with Gasteiger partial charge in [0.1, 0.15) is 5.75 Å². The second-order valence-electron chi connectivity index (χ2n) is 4.36. The number of ether oxygens (including phenoxy) is 2. The monoisotopic (exact) mass is 254 g/mol. The third-order valence-corrected chi connectivity index (χ3v) is 2.92. The lowest BCUT2D eigenvalue weighted by Crippen LogP contribution is -2.43. The Morgan fingerprint density at radius 1 is 1.05 bits per heavy atom. The Bertz CT molecular complexity index is 571. The number of hydrogen-bond acceptors (Lipinski definition) is 4. The highest BCUT2D eigenvalue weighted by molar-refractivity contribution is 5.50. The number of hydrazone groups is 1. The van der Waals surface area contributed by atoms with Crippen LogP contribution in [0.2, 0.25) is 0 Å². The maximum absolute atomic E-state index is 5.95. The van der Waals surface area contributed by atoms with Crippen molar-refractivity contribution in [3.05, 3.63) is 65.7 Å². The second-order valence-corrected chi connectivity index (χ2v) is 4.36. The smallest absolute Gasteiger partial charge is 0.380 e. The molecule has 0 saturated carbocycles. The Morgan fingerprint density at radius 2 is 1.79 bits per heavy atom. The molecule has 0 amide bonds. The molecule has 3 rings (SSSR count). The van der Waals surface area contributed by atoms with Gasteiger partial charge in [-0.25, -0.2) is 5.43 Å². The van der Waals surface area contributed by atoms with Gasteiger partial charge >= 0.3 is 5.91 Å². The number of hydrogen-bond donors (Lipinski definition) is 1. The Morgan fingerprint density at radius 3 is 2.42 bits per heavy atom. The van der Waals surface area contributed by atoms with Crippen LogP contribution < -0.4 is 10.2 Å². The Kier molecular flexibility index (Phi) is 2.83. The summed E-state index contributed by atoms with van der Waals surface area (Å²) in [6.07, 6.45) is 1.35. The number of aryl methyl sites for hydroxylation is 1. The van der Waals surface area contributed by atoms with Gasteiger partial charge in [0.15, 0.2) is 6.40 Å². The number of rotatable bonds is 3. The molecule has 4 heteroatoms. The maximum Gasteiger partial charge on any atom is 0.380 e. The van der Waals surface area contributed by atoms with Crippen LogP contribution >= 0.6 is 0 Å². The Labute approximate surface area is 111 Å². The van der Waals surface area contributed by atoms with Gasteiger partial charge in [0.05, 0.1) is 5.56 Å². The van der Waals surface area contributed by atoms with E-state index in [1.807, 2.05) is 61.5 Å². The van der Waals surface area contributed by atoms with Gasteiger partial charge in [-0.05, 0) is 31.2 Å². The van der Waals surface area contributed by atoms with Crippen molar-refractivity contribution in [1.29, 1.82) is 0 Å². The Balaban J connectivity index is 1.91. The van der Waals surface area contributed by atoms with Crippen LogP contribution in [0.25, 0.3) is 0 Å². The highest BCUT2D eigenvalue weighted by Gasteiger charge is 2.39. The van der Waals surface area contributed by atoms with E-state index in [2.05, 4.69) is 10.5 Å². The maximum atomic E-state index is 5.95. The molecule has 2 aromatic carbocycles. The summed E-state index contributed by atoms with van der Waals surface area (Å²) in [7, 11) is 0. The van der Waals surface area contributed by atoms with Crippen LogP contribution in [-0.2, 0) is 10.6 Å². The second kappa shape index (κ2) is 4.65. The molecule has 4 nitrogen and oxygen atoms in total. The van der Waals surface area contributed by atoms with Crippen LogP contribution in [0.4, 0.5) is 0 Å². The fourth-order valence-electron chi connectivity index (χ4n) is 1.91. The van der Waals surface area contributed by atoms with Crippen molar-refractivity contribution in [1.82, 2.24) is 5.43 Å². The average Bonchev–Trinajstić information content (AvgIpc) is 2.92. The van der Waals surface area contributed by atoms with Crippen molar-refractivity contribution in [2.75, 3.05) is 0 Å². The highest BCUT2D eigenvalue weighted by Crippen LogP contribution is 2.29. The van der Waals surface area contributed by atoms with Crippen molar-refractivity contribution in [3.8, 4) is 5.75 Å². The SMILES string of the molecule is Cc1ccc(OC2(c3ccccc3)NN=CO2)cc1. The van der Waals surface area contributed by atoms with Gasteiger partial charge in [-0.2, -0.15) is 0 Å². The fraction of sp³-hybridized carbons (Fsp3) is 0.133. The molecule has 1 unspecified atom stereocenters. The summed E-state index contributed by atoms with van der Waals surface area (Å²) >= 11 is 0. The molecule has 1 heterocycles. The summed E-state index contributed by atoms with van der Waals surface area (Å²) < 4.78 is 11.5. The van der Waals surface area contributed by atoms with E-state index >= 15 is 0 Å². The molecule has 0 aromatic heterocycles. The van der Waals surface area contributed by atoms with Crippen LogP contribution in [0.3, 0.4) is 0 Å². The van der Waals surface area contributed by atoms with Crippen LogP contribution in [-0.4, -0.2) is 6.40 Å². The van der Waals surface area contributed by atoms with Crippen LogP contribution in [0.1, 0.15) is 11.1 Å². The van der Waals surface area contributed by atoms with E-state index in [1.54, 1.807) is 0 Å². The van der Waals surface area contributed by atoms with Crippen molar-refractivity contribution in [2.24, 2.45) is 5.10 Å². The largest absolute Gasteiger partial charge is 0.431 e. The standard InChI is InChI=1S/C15H14N2O2/c1-12-7-9-14(10-8-12)19-15(17-16-11-18-15)13-5-3-2-4-6-13/h2-11,17H,1H3. The van der Waals surface area contributed by atoms with Gasteiger partial charge in [0, 0.05) is 0 Å². The molecule has 0 aliphatic carbocycles. The topological polar surface area (TPSA) is 42.8 Å². The number of benzene rings is 2. The molecule has 0 fully saturated rings. The lowest BCUT2D eigenvalue weighted by molar-refractivity contribution is -0.138. The minimum atomic E-state index is -1.09. The van der Waals surface area contributed by atoms with Crippen LogP contribution in [0.5, 0.6) is 5.75 Å². The molecule has 0 spiro atoms. The quantitative estimate of drug-likeness (QED) is 0.915. The number of nitrogens with one attached hydrogen (secondary N) is 1. The summed E-state index contributed by atoms with van der Waals surface area (Å²) in [5.41, 5.74) is 4.91. The summed E-state index contributed by atoms with van der Waals surface area (Å²) in [6, 6.07) is 17.4. The molecule has 96 valence electrons. The first-order valence-electron chi connectivity index (χ1n) is 6.06. The van der Waals surface area contributed by atoms with E-state index in [-0.39, 0.29) is 0 Å². The van der Waals surface area contributed by atoms with Gasteiger partial charge in [-0.3, -0.25) is 0 Å². The molecule has 0 radical (unpaired) electrons. The summed E-state index contributed by atoms with van der Waals surface area (Å²) in [5.74, 6) is -0.372. The van der Waals surface area contributed by atoms with E-state index < -0.39 is 5.91 Å². The lowest BCUT2D eigenvalue weighted by Gasteiger charge is -2.28. The van der Waals surface area contributed by atoms with Crippen molar-refractivity contribution in [3.63, 3.8) is 0 Å². The minimum absolute atomic E-state index is 0.715. The zero-order valence-corrected chi connectivity index (χ0v) is 10.5. The molecule has 0 saturated heterocycles. The van der Waals surface area contributed by atoms with Gasteiger partial charge in [0.25, 0.3) is 0 Å². The first-order chi connectivity index (χ1) is 9.28. The molecule has 19 heavy (non-hydrogen) atoms. The van der Waals surface area contributed by atoms with Crippen molar-refractivity contribution in [2.45, 2.75) is 12.8 Å². The van der Waals surface area contributed by atoms with Gasteiger partial charge in [0.2, 0.25) is 0 Å². The third kappa shape index (κ3) is 2.25. The van der Waals surface area contributed by atoms with E-state index in [0.29, 0.717) is 5.75 Å². The molecule has 1 aliphatic rings. The predicted molar refractivity (Wildman–Crippen MR) is 72.6 cm³/mol. The van der Waals surface area contributed by atoms with E-state index in [0.717, 1.165) is 5.56 Å². The third-order valence-electron chi connectivity index (χ3n) is 2.92. The fourth-order valence-corrected chi connectivity index (χ4v) is 1.91. The van der Waals surface area contributed by atoms with Crippen LogP contribution in [0.15, 0.2) is 59.7 Å². The molecule has 2 aromatic rings. The first-order valence-corrected chi connectivity index (χ1v) is 6.06. The zero-order valence-electron chi connectivity index (χ0n) is 10.5. The first kappa shape index (κ1) is 11.6. The summed E-state index contributed by atoms with van der Waals surface area (Å²) in [5, 5.41) is 3.90. The van der Waals surface area contributed by atoms with Crippen LogP contribution in [0, 0.1) is 6.92 Å². The molecule has 0 bridgehead atoms. The lowest BCUT2D eigenvalue weighted by atomic mass is 10.1. The van der Waals surface area contributed by atoms with E-state index in [1.165, 1.54) is 12.0 Å². The molecule has 1 aliphatic heterocycles.